The summed E-state index contributed by atoms with van der Waals surface area (Å²) >= 11 is 0. The van der Waals surface area contributed by atoms with Gasteiger partial charge in [-0.15, -0.1) is 5.10 Å². The molecule has 2 N–H and O–H groups in total. The Hall–Kier alpha value is -2.37. The fourth-order valence-electron chi connectivity index (χ4n) is 2.10. The van der Waals surface area contributed by atoms with E-state index in [9.17, 15) is 0 Å². The van der Waals surface area contributed by atoms with Crippen LogP contribution in [0.4, 0.5) is 11.8 Å². The van der Waals surface area contributed by atoms with Crippen molar-refractivity contribution in [2.45, 2.75) is 26.7 Å². The van der Waals surface area contributed by atoms with Gasteiger partial charge in [-0.2, -0.15) is 10.1 Å². The van der Waals surface area contributed by atoms with E-state index in [0.29, 0.717) is 11.9 Å². The molecular formula is C17H25N5O. The molecule has 0 aliphatic rings. The molecule has 0 amide bonds. The lowest BCUT2D eigenvalue weighted by molar-refractivity contribution is 0.414. The first kappa shape index (κ1) is 17.0. The second-order valence-corrected chi connectivity index (χ2v) is 5.80. The number of nitrogens with zero attached hydrogens (tertiary/aromatic N) is 3. The van der Waals surface area contributed by atoms with E-state index in [1.54, 1.807) is 13.3 Å². The summed E-state index contributed by atoms with van der Waals surface area (Å²) in [4.78, 5) is 4.41. The van der Waals surface area contributed by atoms with E-state index in [1.807, 2.05) is 18.2 Å². The first-order valence-corrected chi connectivity index (χ1v) is 7.98. The Balaban J connectivity index is 1.81. The van der Waals surface area contributed by atoms with Gasteiger partial charge < -0.3 is 15.4 Å². The van der Waals surface area contributed by atoms with Gasteiger partial charge in [-0.05, 0) is 36.5 Å². The zero-order valence-electron chi connectivity index (χ0n) is 14.0. The standard InChI is InChI=1S/C17H25N5O/c1-13(2)7-9-19-17-21-16(12-20-22-17)18-10-8-14-5-4-6-15(11-14)23-3/h4-6,11-13H,7-10H2,1-3H3,(H2,18,19,21,22). The topological polar surface area (TPSA) is 72.0 Å². The van der Waals surface area contributed by atoms with Crippen LogP contribution in [0.2, 0.25) is 0 Å². The molecule has 1 aromatic heterocycles. The SMILES string of the molecule is COc1cccc(CCNc2cnnc(NCCC(C)C)n2)c1. The van der Waals surface area contributed by atoms with Crippen LogP contribution in [0.15, 0.2) is 30.5 Å². The van der Waals surface area contributed by atoms with Crippen LogP contribution >= 0.6 is 0 Å². The average molecular weight is 315 g/mol. The van der Waals surface area contributed by atoms with Crippen LogP contribution in [0.5, 0.6) is 5.75 Å². The highest BCUT2D eigenvalue weighted by atomic mass is 16.5. The number of nitrogens with one attached hydrogen (secondary N) is 2. The van der Waals surface area contributed by atoms with Gasteiger partial charge in [0.1, 0.15) is 5.75 Å². The first-order chi connectivity index (χ1) is 11.2. The van der Waals surface area contributed by atoms with Gasteiger partial charge in [-0.25, -0.2) is 0 Å². The van der Waals surface area contributed by atoms with Crippen molar-refractivity contribution in [3.05, 3.63) is 36.0 Å². The Bertz CT molecular complexity index is 603. The molecule has 2 aromatic rings. The fraction of sp³-hybridized carbons (Fsp3) is 0.471. The highest BCUT2D eigenvalue weighted by Crippen LogP contribution is 2.13. The molecule has 0 radical (unpaired) electrons. The van der Waals surface area contributed by atoms with Crippen LogP contribution in [0.1, 0.15) is 25.8 Å². The number of rotatable bonds is 9. The number of hydrogen-bond acceptors (Lipinski definition) is 6. The summed E-state index contributed by atoms with van der Waals surface area (Å²) in [5.41, 5.74) is 1.22. The van der Waals surface area contributed by atoms with Crippen LogP contribution in [0.25, 0.3) is 0 Å². The minimum absolute atomic E-state index is 0.567. The van der Waals surface area contributed by atoms with E-state index < -0.39 is 0 Å². The lowest BCUT2D eigenvalue weighted by atomic mass is 10.1. The van der Waals surface area contributed by atoms with E-state index in [4.69, 9.17) is 4.74 Å². The van der Waals surface area contributed by atoms with Crippen molar-refractivity contribution < 1.29 is 4.74 Å². The van der Waals surface area contributed by atoms with Crippen molar-refractivity contribution in [3.63, 3.8) is 0 Å². The smallest absolute Gasteiger partial charge is 0.244 e. The molecule has 0 bridgehead atoms. The van der Waals surface area contributed by atoms with Gasteiger partial charge in [-0.1, -0.05) is 26.0 Å². The Labute approximate surface area is 137 Å². The lowest BCUT2D eigenvalue weighted by Crippen LogP contribution is -2.11. The van der Waals surface area contributed by atoms with Crippen molar-refractivity contribution >= 4 is 11.8 Å². The van der Waals surface area contributed by atoms with E-state index >= 15 is 0 Å². The number of methoxy groups -OCH3 is 1. The Morgan fingerprint density at radius 3 is 2.83 bits per heavy atom. The minimum Gasteiger partial charge on any atom is -0.497 e. The molecule has 0 fully saturated rings. The zero-order chi connectivity index (χ0) is 16.5. The van der Waals surface area contributed by atoms with Crippen LogP contribution in [-0.4, -0.2) is 35.4 Å². The predicted octanol–water partition coefficient (Wildman–Crippen LogP) is 2.99. The fourth-order valence-corrected chi connectivity index (χ4v) is 2.10. The highest BCUT2D eigenvalue weighted by molar-refractivity contribution is 5.37. The van der Waals surface area contributed by atoms with Crippen molar-refractivity contribution in [1.29, 1.82) is 0 Å². The van der Waals surface area contributed by atoms with E-state index in [0.717, 1.165) is 37.5 Å². The van der Waals surface area contributed by atoms with Gasteiger partial charge in [0.15, 0.2) is 5.82 Å². The van der Waals surface area contributed by atoms with Gasteiger partial charge >= 0.3 is 0 Å². The Kier molecular flexibility index (Phi) is 6.59. The van der Waals surface area contributed by atoms with E-state index in [2.05, 4.69) is 45.7 Å². The molecule has 0 unspecified atom stereocenters. The van der Waals surface area contributed by atoms with Crippen LogP contribution < -0.4 is 15.4 Å². The molecule has 1 aromatic carbocycles. The van der Waals surface area contributed by atoms with Gasteiger partial charge in [0.25, 0.3) is 0 Å². The van der Waals surface area contributed by atoms with Crippen LogP contribution in [-0.2, 0) is 6.42 Å². The van der Waals surface area contributed by atoms with Crippen molar-refractivity contribution in [1.82, 2.24) is 15.2 Å². The maximum atomic E-state index is 5.23. The summed E-state index contributed by atoms with van der Waals surface area (Å²) in [6, 6.07) is 8.07. The first-order valence-electron chi connectivity index (χ1n) is 7.98. The van der Waals surface area contributed by atoms with E-state index in [1.165, 1.54) is 5.56 Å². The van der Waals surface area contributed by atoms with Crippen LogP contribution in [0.3, 0.4) is 0 Å². The third-order valence-electron chi connectivity index (χ3n) is 3.42. The molecule has 1 heterocycles. The van der Waals surface area contributed by atoms with Crippen LogP contribution in [0, 0.1) is 5.92 Å². The number of ether oxygens (including phenoxy) is 1. The predicted molar refractivity (Wildman–Crippen MR) is 93.0 cm³/mol. The maximum Gasteiger partial charge on any atom is 0.244 e. The molecule has 0 atom stereocenters. The number of benzene rings is 1. The number of anilines is 2. The largest absolute Gasteiger partial charge is 0.497 e. The molecular weight excluding hydrogens is 290 g/mol. The maximum absolute atomic E-state index is 5.23. The zero-order valence-corrected chi connectivity index (χ0v) is 14.0. The molecule has 0 spiro atoms. The van der Waals surface area contributed by atoms with Gasteiger partial charge in [0.2, 0.25) is 5.95 Å². The van der Waals surface area contributed by atoms with Crippen molar-refractivity contribution in [2.24, 2.45) is 5.92 Å². The lowest BCUT2D eigenvalue weighted by Gasteiger charge is -2.09. The van der Waals surface area contributed by atoms with Crippen molar-refractivity contribution in [2.75, 3.05) is 30.8 Å². The summed E-state index contributed by atoms with van der Waals surface area (Å²) in [5.74, 6) is 2.83. The molecule has 23 heavy (non-hydrogen) atoms. The summed E-state index contributed by atoms with van der Waals surface area (Å²) in [6.07, 6.45) is 3.60. The summed E-state index contributed by atoms with van der Waals surface area (Å²) in [5, 5.41) is 14.4. The summed E-state index contributed by atoms with van der Waals surface area (Å²) < 4.78 is 5.23. The molecule has 124 valence electrons. The average Bonchev–Trinajstić information content (AvgIpc) is 2.55. The second kappa shape index (κ2) is 8.92. The molecule has 0 saturated carbocycles. The van der Waals surface area contributed by atoms with Gasteiger partial charge in [-0.3, -0.25) is 0 Å². The molecule has 2 rings (SSSR count). The molecule has 0 aliphatic carbocycles. The quantitative estimate of drug-likeness (QED) is 0.741. The molecule has 6 heteroatoms. The Morgan fingerprint density at radius 2 is 2.04 bits per heavy atom. The number of aromatic nitrogens is 3. The van der Waals surface area contributed by atoms with Gasteiger partial charge in [0.05, 0.1) is 13.3 Å². The second-order valence-electron chi connectivity index (χ2n) is 5.80. The third-order valence-corrected chi connectivity index (χ3v) is 3.42. The monoisotopic (exact) mass is 315 g/mol. The molecule has 0 aliphatic heterocycles. The van der Waals surface area contributed by atoms with Gasteiger partial charge in [0, 0.05) is 13.1 Å². The molecule has 0 saturated heterocycles. The highest BCUT2D eigenvalue weighted by Gasteiger charge is 2.01. The summed E-state index contributed by atoms with van der Waals surface area (Å²) in [7, 11) is 1.68. The Morgan fingerprint density at radius 1 is 1.17 bits per heavy atom. The normalized spacial score (nSPS) is 10.6. The third kappa shape index (κ3) is 6.10. The minimum atomic E-state index is 0.567. The number of hydrogen-bond donors (Lipinski definition) is 2. The van der Waals surface area contributed by atoms with E-state index in [-0.39, 0.29) is 0 Å². The van der Waals surface area contributed by atoms with Crippen molar-refractivity contribution in [3.8, 4) is 5.75 Å². The summed E-state index contributed by atoms with van der Waals surface area (Å²) in [6.45, 7) is 6.01. The molecule has 6 nitrogen and oxygen atoms in total.